The topological polar surface area (TPSA) is 0 Å². The molecule has 1 aliphatic rings. The van der Waals surface area contributed by atoms with Gasteiger partial charge in [0.05, 0.1) is 0 Å². The van der Waals surface area contributed by atoms with E-state index >= 15 is 0 Å². The molecule has 0 bridgehead atoms. The third-order valence-electron chi connectivity index (χ3n) is 4.35. The molecule has 1 saturated carbocycles. The van der Waals surface area contributed by atoms with Crippen LogP contribution >= 0.6 is 0 Å². The summed E-state index contributed by atoms with van der Waals surface area (Å²) in [4.78, 5) is 0. The van der Waals surface area contributed by atoms with Crippen LogP contribution in [-0.4, -0.2) is 0 Å². The van der Waals surface area contributed by atoms with E-state index in [9.17, 15) is 0 Å². The third kappa shape index (κ3) is 3.63. The summed E-state index contributed by atoms with van der Waals surface area (Å²) in [6.45, 7) is 9.64. The van der Waals surface area contributed by atoms with Crippen LogP contribution in [0.2, 0.25) is 0 Å². The summed E-state index contributed by atoms with van der Waals surface area (Å²) in [5, 5.41) is 0. The van der Waals surface area contributed by atoms with Crippen molar-refractivity contribution in [3.63, 3.8) is 0 Å². The maximum absolute atomic E-state index is 2.48. The third-order valence-corrected chi connectivity index (χ3v) is 4.35. The lowest BCUT2D eigenvalue weighted by Gasteiger charge is -2.26. The molecule has 3 atom stereocenters. The van der Waals surface area contributed by atoms with E-state index in [1.807, 2.05) is 0 Å². The smallest absolute Gasteiger partial charge is 0.0386 e. The van der Waals surface area contributed by atoms with E-state index in [2.05, 4.69) is 27.7 Å². The maximum atomic E-state index is 2.48. The van der Waals surface area contributed by atoms with Crippen molar-refractivity contribution in [2.45, 2.75) is 66.2 Å². The molecule has 0 amide bonds. The second kappa shape index (κ2) is 5.78. The molecule has 0 aromatic heterocycles. The summed E-state index contributed by atoms with van der Waals surface area (Å²) >= 11 is 0. The molecule has 84 valence electrons. The first-order chi connectivity index (χ1) is 6.61. The van der Waals surface area contributed by atoms with Crippen molar-refractivity contribution in [2.75, 3.05) is 0 Å². The van der Waals surface area contributed by atoms with Crippen molar-refractivity contribution in [1.29, 1.82) is 0 Å². The Morgan fingerprint density at radius 1 is 1.00 bits per heavy atom. The summed E-state index contributed by atoms with van der Waals surface area (Å²) in [5.74, 6) is 3.79. The predicted molar refractivity (Wildman–Crippen MR) is 64.4 cm³/mol. The van der Waals surface area contributed by atoms with Gasteiger partial charge in [0.15, 0.2) is 0 Å². The van der Waals surface area contributed by atoms with E-state index in [0.29, 0.717) is 0 Å². The number of hydrogen-bond acceptors (Lipinski definition) is 0. The average molecular weight is 196 g/mol. The van der Waals surface area contributed by atoms with E-state index in [0.717, 1.165) is 23.7 Å². The molecule has 0 heterocycles. The first-order valence-electron chi connectivity index (χ1n) is 6.61. The van der Waals surface area contributed by atoms with Crippen LogP contribution in [0.1, 0.15) is 66.2 Å². The van der Waals surface area contributed by atoms with Gasteiger partial charge in [0.25, 0.3) is 0 Å². The maximum Gasteiger partial charge on any atom is -0.0386 e. The molecule has 0 N–H and O–H groups in total. The number of rotatable bonds is 3. The van der Waals surface area contributed by atoms with Gasteiger partial charge >= 0.3 is 0 Å². The molecule has 0 nitrogen and oxygen atoms in total. The molecule has 0 saturated heterocycles. The highest BCUT2D eigenvalue weighted by atomic mass is 14.3. The molecule has 1 rings (SSSR count). The van der Waals surface area contributed by atoms with Gasteiger partial charge in [-0.25, -0.2) is 0 Å². The normalized spacial score (nSPS) is 31.5. The summed E-state index contributed by atoms with van der Waals surface area (Å²) in [6, 6.07) is 0. The predicted octanol–water partition coefficient (Wildman–Crippen LogP) is 4.89. The Morgan fingerprint density at radius 2 is 1.64 bits per heavy atom. The average Bonchev–Trinajstić information content (AvgIpc) is 2.32. The van der Waals surface area contributed by atoms with E-state index in [-0.39, 0.29) is 0 Å². The van der Waals surface area contributed by atoms with Gasteiger partial charge in [-0.1, -0.05) is 59.8 Å². The molecule has 0 aromatic rings. The first kappa shape index (κ1) is 12.1. The van der Waals surface area contributed by atoms with Gasteiger partial charge < -0.3 is 0 Å². The fourth-order valence-electron chi connectivity index (χ4n) is 2.67. The SMILES string of the molecule is CC(C)C(C)CC1CCCCCC1C. The van der Waals surface area contributed by atoms with Gasteiger partial charge in [-0.05, 0) is 30.1 Å². The van der Waals surface area contributed by atoms with Gasteiger partial charge in [0.2, 0.25) is 0 Å². The molecule has 0 heteroatoms. The minimum Gasteiger partial charge on any atom is -0.0625 e. The summed E-state index contributed by atoms with van der Waals surface area (Å²) in [5.41, 5.74) is 0. The molecule has 0 aliphatic heterocycles. The Bertz CT molecular complexity index is 148. The standard InChI is InChI=1S/C14H28/c1-11(2)13(4)10-14-9-7-5-6-8-12(14)3/h11-14H,5-10H2,1-4H3. The van der Waals surface area contributed by atoms with Crippen LogP contribution in [0.5, 0.6) is 0 Å². The zero-order valence-corrected chi connectivity index (χ0v) is 10.6. The molecule has 0 radical (unpaired) electrons. The zero-order valence-electron chi connectivity index (χ0n) is 10.6. The van der Waals surface area contributed by atoms with Gasteiger partial charge in [-0.15, -0.1) is 0 Å². The Hall–Kier alpha value is 0. The van der Waals surface area contributed by atoms with Crippen LogP contribution in [0.3, 0.4) is 0 Å². The molecule has 3 unspecified atom stereocenters. The van der Waals surface area contributed by atoms with Crippen LogP contribution in [0.25, 0.3) is 0 Å². The lowest BCUT2D eigenvalue weighted by atomic mass is 9.79. The molecule has 1 aliphatic carbocycles. The summed E-state index contributed by atoms with van der Waals surface area (Å²) < 4.78 is 0. The number of hydrogen-bond donors (Lipinski definition) is 0. The van der Waals surface area contributed by atoms with Crippen molar-refractivity contribution < 1.29 is 0 Å². The molecule has 0 aromatic carbocycles. The summed E-state index contributed by atoms with van der Waals surface area (Å²) in [7, 11) is 0. The van der Waals surface area contributed by atoms with Gasteiger partial charge in [0, 0.05) is 0 Å². The lowest BCUT2D eigenvalue weighted by molar-refractivity contribution is 0.244. The summed E-state index contributed by atoms with van der Waals surface area (Å²) in [6.07, 6.45) is 8.90. The molecule has 1 fully saturated rings. The highest BCUT2D eigenvalue weighted by Gasteiger charge is 2.22. The molecule has 0 spiro atoms. The van der Waals surface area contributed by atoms with Crippen LogP contribution in [0.15, 0.2) is 0 Å². The Kier molecular flexibility index (Phi) is 4.98. The van der Waals surface area contributed by atoms with Gasteiger partial charge in [0.1, 0.15) is 0 Å². The van der Waals surface area contributed by atoms with Crippen LogP contribution < -0.4 is 0 Å². The molecular formula is C14H28. The zero-order chi connectivity index (χ0) is 10.6. The van der Waals surface area contributed by atoms with E-state index < -0.39 is 0 Å². The van der Waals surface area contributed by atoms with Gasteiger partial charge in [-0.2, -0.15) is 0 Å². The quantitative estimate of drug-likeness (QED) is 0.564. The van der Waals surface area contributed by atoms with E-state index in [4.69, 9.17) is 0 Å². The van der Waals surface area contributed by atoms with E-state index in [1.165, 1.54) is 38.5 Å². The van der Waals surface area contributed by atoms with Crippen molar-refractivity contribution in [3.8, 4) is 0 Å². The highest BCUT2D eigenvalue weighted by molar-refractivity contribution is 4.73. The second-order valence-electron chi connectivity index (χ2n) is 5.83. The monoisotopic (exact) mass is 196 g/mol. The second-order valence-corrected chi connectivity index (χ2v) is 5.83. The minimum atomic E-state index is 0.866. The lowest BCUT2D eigenvalue weighted by Crippen LogP contribution is -2.16. The Labute approximate surface area is 90.5 Å². The Morgan fingerprint density at radius 3 is 2.29 bits per heavy atom. The minimum absolute atomic E-state index is 0.866. The Balaban J connectivity index is 2.40. The molecule has 14 heavy (non-hydrogen) atoms. The first-order valence-corrected chi connectivity index (χ1v) is 6.61. The van der Waals surface area contributed by atoms with Crippen molar-refractivity contribution in [3.05, 3.63) is 0 Å². The fourth-order valence-corrected chi connectivity index (χ4v) is 2.67. The largest absolute Gasteiger partial charge is 0.0625 e. The van der Waals surface area contributed by atoms with Crippen molar-refractivity contribution in [1.82, 2.24) is 0 Å². The highest BCUT2D eigenvalue weighted by Crippen LogP contribution is 2.34. The fraction of sp³-hybridized carbons (Fsp3) is 1.00. The van der Waals surface area contributed by atoms with Crippen molar-refractivity contribution in [2.24, 2.45) is 23.7 Å². The molecular weight excluding hydrogens is 168 g/mol. The van der Waals surface area contributed by atoms with Crippen molar-refractivity contribution >= 4 is 0 Å². The van der Waals surface area contributed by atoms with Crippen LogP contribution in [0.4, 0.5) is 0 Å². The van der Waals surface area contributed by atoms with E-state index in [1.54, 1.807) is 0 Å². The van der Waals surface area contributed by atoms with Crippen LogP contribution in [-0.2, 0) is 0 Å². The van der Waals surface area contributed by atoms with Gasteiger partial charge in [-0.3, -0.25) is 0 Å². The van der Waals surface area contributed by atoms with Crippen LogP contribution in [0, 0.1) is 23.7 Å².